The maximum absolute atomic E-state index is 12.7. The van der Waals surface area contributed by atoms with Gasteiger partial charge in [0, 0.05) is 0 Å². The first kappa shape index (κ1) is 13.5. The smallest absolute Gasteiger partial charge is 0.851 e. The minimum absolute atomic E-state index is 0. The predicted octanol–water partition coefficient (Wildman–Crippen LogP) is 2.23. The third kappa shape index (κ3) is 2.13. The van der Waals surface area contributed by atoms with E-state index in [1.807, 2.05) is 0 Å². The number of hydrogen-bond acceptors (Lipinski definition) is 1. The molecule has 0 N–H and O–H groups in total. The standard InChI is InChI=1S/C13H20O.Mg/c1-11-7-3-4-8-12(11,2)13(14)9-5-6-10-13;/h1-10H2;/q-2;+2. The molecule has 0 amide bonds. The van der Waals surface area contributed by atoms with E-state index in [0.29, 0.717) is 0 Å². The molecule has 0 saturated heterocycles. The Hall–Kier alpha value is 0.466. The van der Waals surface area contributed by atoms with E-state index in [2.05, 4.69) is 13.5 Å². The van der Waals surface area contributed by atoms with Gasteiger partial charge in [-0.05, 0) is 12.8 Å². The summed E-state index contributed by atoms with van der Waals surface area (Å²) < 4.78 is 0. The Labute approximate surface area is 109 Å². The van der Waals surface area contributed by atoms with E-state index in [4.69, 9.17) is 0 Å². The molecule has 2 fully saturated rings. The molecule has 0 spiro atoms. The molecule has 0 aromatic carbocycles. The normalized spacial score (nSPS) is 34.9. The van der Waals surface area contributed by atoms with Crippen molar-refractivity contribution in [2.24, 2.45) is 5.41 Å². The maximum atomic E-state index is 12.7. The summed E-state index contributed by atoms with van der Waals surface area (Å²) >= 11 is 0. The van der Waals surface area contributed by atoms with Crippen LogP contribution in [0.15, 0.2) is 12.2 Å². The summed E-state index contributed by atoms with van der Waals surface area (Å²) in [7, 11) is 0. The second-order valence-corrected chi connectivity index (χ2v) is 5.09. The van der Waals surface area contributed by atoms with Crippen LogP contribution in [-0.2, 0) is 0 Å². The monoisotopic (exact) mass is 216 g/mol. The molecule has 0 heterocycles. The third-order valence-electron chi connectivity index (χ3n) is 4.29. The molecule has 0 radical (unpaired) electrons. The van der Waals surface area contributed by atoms with E-state index < -0.39 is 5.60 Å². The van der Waals surface area contributed by atoms with Crippen molar-refractivity contribution in [1.29, 1.82) is 0 Å². The minimum Gasteiger partial charge on any atom is -0.851 e. The molecular formula is C13H20MgO. The van der Waals surface area contributed by atoms with E-state index >= 15 is 0 Å². The van der Waals surface area contributed by atoms with Gasteiger partial charge in [0.2, 0.25) is 0 Å². The van der Waals surface area contributed by atoms with Crippen LogP contribution in [0.25, 0.3) is 0 Å². The van der Waals surface area contributed by atoms with Gasteiger partial charge in [-0.1, -0.05) is 38.5 Å². The molecule has 0 aromatic rings. The maximum Gasteiger partial charge on any atom is 2.00 e. The molecule has 2 heteroatoms. The van der Waals surface area contributed by atoms with Crippen LogP contribution in [0.2, 0.25) is 0 Å². The van der Waals surface area contributed by atoms with Gasteiger partial charge in [0.05, 0.1) is 0 Å². The van der Waals surface area contributed by atoms with Gasteiger partial charge >= 0.3 is 23.1 Å². The fourth-order valence-electron chi connectivity index (χ4n) is 3.16. The van der Waals surface area contributed by atoms with Gasteiger partial charge in [0.25, 0.3) is 0 Å². The van der Waals surface area contributed by atoms with Crippen LogP contribution in [0.1, 0.15) is 51.4 Å². The van der Waals surface area contributed by atoms with Crippen molar-refractivity contribution < 1.29 is 5.11 Å². The van der Waals surface area contributed by atoms with Gasteiger partial charge in [0.1, 0.15) is 0 Å². The predicted molar refractivity (Wildman–Crippen MR) is 62.4 cm³/mol. The number of hydrogen-bond donors (Lipinski definition) is 0. The summed E-state index contributed by atoms with van der Waals surface area (Å²) in [6, 6.07) is 0. The largest absolute Gasteiger partial charge is 2.00 e. The second-order valence-electron chi connectivity index (χ2n) is 5.09. The van der Waals surface area contributed by atoms with E-state index in [1.54, 1.807) is 0 Å². The molecule has 1 atom stereocenters. The molecule has 1 nitrogen and oxygen atoms in total. The molecular weight excluding hydrogens is 196 g/mol. The van der Waals surface area contributed by atoms with Crippen molar-refractivity contribution in [3.63, 3.8) is 0 Å². The van der Waals surface area contributed by atoms with Gasteiger partial charge in [-0.3, -0.25) is 0 Å². The average molecular weight is 217 g/mol. The van der Waals surface area contributed by atoms with Gasteiger partial charge in [0.15, 0.2) is 0 Å². The Kier molecular flexibility index (Phi) is 4.30. The van der Waals surface area contributed by atoms with Crippen molar-refractivity contribution in [1.82, 2.24) is 0 Å². The molecule has 1 unspecified atom stereocenters. The summed E-state index contributed by atoms with van der Waals surface area (Å²) in [5, 5.41) is 12.7. The average Bonchev–Trinajstić information content (AvgIpc) is 2.59. The Morgan fingerprint density at radius 1 is 1.07 bits per heavy atom. The van der Waals surface area contributed by atoms with Crippen molar-refractivity contribution in [3.8, 4) is 0 Å². The molecule has 80 valence electrons. The van der Waals surface area contributed by atoms with Crippen LogP contribution in [0.4, 0.5) is 0 Å². The first-order valence-corrected chi connectivity index (χ1v) is 5.83. The van der Waals surface area contributed by atoms with Crippen LogP contribution in [-0.4, -0.2) is 28.7 Å². The zero-order valence-electron chi connectivity index (χ0n) is 9.69. The van der Waals surface area contributed by atoms with E-state index in [0.717, 1.165) is 50.5 Å². The van der Waals surface area contributed by atoms with Crippen molar-refractivity contribution in [3.05, 3.63) is 19.1 Å². The fourth-order valence-corrected chi connectivity index (χ4v) is 3.16. The van der Waals surface area contributed by atoms with E-state index in [9.17, 15) is 5.11 Å². The summed E-state index contributed by atoms with van der Waals surface area (Å²) in [5.41, 5.74) is -0.00708. The van der Waals surface area contributed by atoms with Gasteiger partial charge in [-0.2, -0.15) is 0 Å². The Morgan fingerprint density at radius 2 is 1.60 bits per heavy atom. The van der Waals surface area contributed by atoms with Crippen LogP contribution >= 0.6 is 0 Å². The van der Waals surface area contributed by atoms with Crippen LogP contribution in [0, 0.1) is 12.3 Å². The van der Waals surface area contributed by atoms with Crippen molar-refractivity contribution in [2.45, 2.75) is 57.0 Å². The van der Waals surface area contributed by atoms with Crippen LogP contribution in [0.5, 0.6) is 0 Å². The van der Waals surface area contributed by atoms with E-state index in [-0.39, 0.29) is 28.5 Å². The SMILES string of the molecule is C=C1CCCCC1([CH2-])C1([O-])CCCC1.[Mg+2]. The Balaban J connectivity index is 0.00000112. The molecule has 0 bridgehead atoms. The molecule has 2 aliphatic carbocycles. The quantitative estimate of drug-likeness (QED) is 0.375. The summed E-state index contributed by atoms with van der Waals surface area (Å²) in [4.78, 5) is 0. The topological polar surface area (TPSA) is 23.1 Å². The molecule has 2 aliphatic rings. The minimum atomic E-state index is -0.787. The van der Waals surface area contributed by atoms with Gasteiger partial charge in [-0.15, -0.1) is 23.2 Å². The third-order valence-corrected chi connectivity index (χ3v) is 4.29. The molecule has 2 rings (SSSR count). The summed E-state index contributed by atoms with van der Waals surface area (Å²) in [6.07, 6.45) is 8.16. The molecule has 0 aliphatic heterocycles. The number of rotatable bonds is 1. The van der Waals surface area contributed by atoms with Crippen molar-refractivity contribution in [2.75, 3.05) is 0 Å². The molecule has 0 aromatic heterocycles. The van der Waals surface area contributed by atoms with Gasteiger partial charge < -0.3 is 12.0 Å². The zero-order chi connectivity index (χ0) is 10.2. The fraction of sp³-hybridized carbons (Fsp3) is 0.769. The Morgan fingerprint density at radius 3 is 2.13 bits per heavy atom. The first-order valence-electron chi connectivity index (χ1n) is 5.83. The van der Waals surface area contributed by atoms with E-state index in [1.165, 1.54) is 6.42 Å². The first-order chi connectivity index (χ1) is 6.58. The van der Waals surface area contributed by atoms with Crippen molar-refractivity contribution >= 4 is 23.1 Å². The van der Waals surface area contributed by atoms with Crippen LogP contribution < -0.4 is 5.11 Å². The molecule has 15 heavy (non-hydrogen) atoms. The summed E-state index contributed by atoms with van der Waals surface area (Å²) in [5.74, 6) is 0. The Bertz CT molecular complexity index is 243. The second kappa shape index (κ2) is 4.76. The molecule has 2 saturated carbocycles. The zero-order valence-corrected chi connectivity index (χ0v) is 11.1. The summed E-state index contributed by atoms with van der Waals surface area (Å²) in [6.45, 7) is 8.35. The van der Waals surface area contributed by atoms with Gasteiger partial charge in [-0.25, -0.2) is 0 Å². The van der Waals surface area contributed by atoms with Crippen LogP contribution in [0.3, 0.4) is 0 Å².